The van der Waals surface area contributed by atoms with Crippen molar-refractivity contribution in [2.24, 2.45) is 7.05 Å². The van der Waals surface area contributed by atoms with Gasteiger partial charge in [-0.25, -0.2) is 0 Å². The summed E-state index contributed by atoms with van der Waals surface area (Å²) in [7, 11) is 4.01. The highest BCUT2D eigenvalue weighted by atomic mass is 15.3. The third-order valence-corrected chi connectivity index (χ3v) is 3.13. The molecule has 1 fully saturated rings. The first-order chi connectivity index (χ1) is 6.81. The van der Waals surface area contributed by atoms with Gasteiger partial charge in [0, 0.05) is 19.5 Å². The molecule has 2 rings (SSSR count). The Kier molecular flexibility index (Phi) is 2.87. The molecule has 14 heavy (non-hydrogen) atoms. The zero-order valence-corrected chi connectivity index (χ0v) is 9.08. The van der Waals surface area contributed by atoms with Gasteiger partial charge in [0.2, 0.25) is 0 Å². The second kappa shape index (κ2) is 4.13. The number of nitrogens with one attached hydrogen (secondary N) is 1. The summed E-state index contributed by atoms with van der Waals surface area (Å²) in [6.07, 6.45) is 5.41. The molecule has 1 aromatic heterocycles. The van der Waals surface area contributed by atoms with Crippen molar-refractivity contribution < 1.29 is 0 Å². The Balaban J connectivity index is 2.14. The summed E-state index contributed by atoms with van der Waals surface area (Å²) in [6, 6.07) is 2.26. The number of rotatable bonds is 3. The molecular weight excluding hydrogens is 174 g/mol. The van der Waals surface area contributed by atoms with Crippen LogP contribution < -0.4 is 5.32 Å². The van der Waals surface area contributed by atoms with Gasteiger partial charge < -0.3 is 5.32 Å². The maximum atomic E-state index is 4.59. The van der Waals surface area contributed by atoms with E-state index in [0.717, 1.165) is 12.5 Å². The number of hydrogen-bond acceptors (Lipinski definition) is 2. The maximum Gasteiger partial charge on any atom is 0.0658 e. The highest BCUT2D eigenvalue weighted by Gasteiger charge is 2.20. The topological polar surface area (TPSA) is 29.9 Å². The minimum atomic E-state index is 0.729. The van der Waals surface area contributed by atoms with Crippen LogP contribution in [-0.4, -0.2) is 16.8 Å². The van der Waals surface area contributed by atoms with E-state index >= 15 is 0 Å². The Morgan fingerprint density at radius 3 is 2.86 bits per heavy atom. The molecule has 0 unspecified atom stereocenters. The Labute approximate surface area is 85.5 Å². The van der Waals surface area contributed by atoms with Gasteiger partial charge in [0.1, 0.15) is 0 Å². The summed E-state index contributed by atoms with van der Waals surface area (Å²) < 4.78 is 2.00. The molecule has 1 aliphatic carbocycles. The van der Waals surface area contributed by atoms with Gasteiger partial charge in [-0.3, -0.25) is 4.68 Å². The van der Waals surface area contributed by atoms with E-state index < -0.39 is 0 Å². The van der Waals surface area contributed by atoms with E-state index in [4.69, 9.17) is 0 Å². The van der Waals surface area contributed by atoms with Gasteiger partial charge >= 0.3 is 0 Å². The van der Waals surface area contributed by atoms with E-state index in [1.807, 2.05) is 18.8 Å². The second-order valence-electron chi connectivity index (χ2n) is 4.20. The molecular formula is C11H19N3. The quantitative estimate of drug-likeness (QED) is 0.793. The molecule has 0 amide bonds. The molecule has 0 atom stereocenters. The number of aryl methyl sites for hydroxylation is 1. The Morgan fingerprint density at radius 1 is 1.50 bits per heavy atom. The minimum Gasteiger partial charge on any atom is -0.314 e. The van der Waals surface area contributed by atoms with Crippen LogP contribution in [0.5, 0.6) is 0 Å². The van der Waals surface area contributed by atoms with Gasteiger partial charge in [-0.1, -0.05) is 12.8 Å². The van der Waals surface area contributed by atoms with E-state index in [0.29, 0.717) is 0 Å². The van der Waals surface area contributed by atoms with E-state index in [1.165, 1.54) is 37.1 Å². The molecule has 3 heteroatoms. The molecule has 0 aliphatic heterocycles. The van der Waals surface area contributed by atoms with Crippen LogP contribution in [0.1, 0.15) is 43.0 Å². The normalized spacial score (nSPS) is 17.9. The van der Waals surface area contributed by atoms with Crippen LogP contribution in [0, 0.1) is 0 Å². The number of hydrogen-bond donors (Lipinski definition) is 1. The first-order valence-corrected chi connectivity index (χ1v) is 5.48. The average Bonchev–Trinajstić information content (AvgIpc) is 2.76. The second-order valence-corrected chi connectivity index (χ2v) is 4.20. The molecule has 3 nitrogen and oxygen atoms in total. The summed E-state index contributed by atoms with van der Waals surface area (Å²) in [5.74, 6) is 0.729. The van der Waals surface area contributed by atoms with Gasteiger partial charge in [-0.15, -0.1) is 0 Å². The average molecular weight is 193 g/mol. The van der Waals surface area contributed by atoms with Crippen LogP contribution in [0.3, 0.4) is 0 Å². The monoisotopic (exact) mass is 193 g/mol. The lowest BCUT2D eigenvalue weighted by molar-refractivity contribution is 0.635. The lowest BCUT2D eigenvalue weighted by atomic mass is 10.0. The van der Waals surface area contributed by atoms with Crippen molar-refractivity contribution >= 4 is 0 Å². The van der Waals surface area contributed by atoms with Gasteiger partial charge in [0.05, 0.1) is 11.4 Å². The summed E-state index contributed by atoms with van der Waals surface area (Å²) in [4.78, 5) is 0. The molecule has 0 bridgehead atoms. The summed E-state index contributed by atoms with van der Waals surface area (Å²) in [5, 5.41) is 7.76. The summed E-state index contributed by atoms with van der Waals surface area (Å²) in [6.45, 7) is 0.913. The first kappa shape index (κ1) is 9.71. The maximum absolute atomic E-state index is 4.59. The fourth-order valence-electron chi connectivity index (χ4n) is 2.30. The molecule has 1 heterocycles. The zero-order chi connectivity index (χ0) is 9.97. The summed E-state index contributed by atoms with van der Waals surface area (Å²) in [5.41, 5.74) is 2.59. The lowest BCUT2D eigenvalue weighted by Crippen LogP contribution is -2.09. The fraction of sp³-hybridized carbons (Fsp3) is 0.727. The van der Waals surface area contributed by atoms with Gasteiger partial charge in [0.15, 0.2) is 0 Å². The van der Waals surface area contributed by atoms with Crippen LogP contribution in [0.25, 0.3) is 0 Å². The van der Waals surface area contributed by atoms with Crippen LogP contribution in [-0.2, 0) is 13.6 Å². The molecule has 78 valence electrons. The molecule has 1 N–H and O–H groups in total. The molecule has 1 saturated carbocycles. The van der Waals surface area contributed by atoms with E-state index in [-0.39, 0.29) is 0 Å². The van der Waals surface area contributed by atoms with Crippen LogP contribution in [0.2, 0.25) is 0 Å². The van der Waals surface area contributed by atoms with Gasteiger partial charge in [-0.05, 0) is 26.0 Å². The van der Waals surface area contributed by atoms with Crippen LogP contribution in [0.4, 0.5) is 0 Å². The fourth-order valence-corrected chi connectivity index (χ4v) is 2.30. The van der Waals surface area contributed by atoms with Crippen molar-refractivity contribution in [3.05, 3.63) is 17.5 Å². The van der Waals surface area contributed by atoms with Crippen molar-refractivity contribution in [2.45, 2.75) is 38.1 Å². The SMILES string of the molecule is CNCc1cc(C2CCCC2)nn1C. The minimum absolute atomic E-state index is 0.729. The highest BCUT2D eigenvalue weighted by Crippen LogP contribution is 2.33. The molecule has 1 aliphatic rings. The van der Waals surface area contributed by atoms with Crippen molar-refractivity contribution in [3.63, 3.8) is 0 Å². The van der Waals surface area contributed by atoms with Crippen LogP contribution in [0.15, 0.2) is 6.07 Å². The van der Waals surface area contributed by atoms with E-state index in [1.54, 1.807) is 0 Å². The Morgan fingerprint density at radius 2 is 2.21 bits per heavy atom. The molecule has 0 saturated heterocycles. The standard InChI is InChI=1S/C11H19N3/c1-12-8-10-7-11(13-14(10)2)9-5-3-4-6-9/h7,9,12H,3-6,8H2,1-2H3. The van der Waals surface area contributed by atoms with E-state index in [9.17, 15) is 0 Å². The van der Waals surface area contributed by atoms with Crippen LogP contribution >= 0.6 is 0 Å². The highest BCUT2D eigenvalue weighted by molar-refractivity contribution is 5.15. The third-order valence-electron chi connectivity index (χ3n) is 3.13. The van der Waals surface area contributed by atoms with Gasteiger partial charge in [0.25, 0.3) is 0 Å². The smallest absolute Gasteiger partial charge is 0.0658 e. The molecule has 1 aromatic rings. The first-order valence-electron chi connectivity index (χ1n) is 5.48. The number of aromatic nitrogens is 2. The third kappa shape index (κ3) is 1.82. The molecule has 0 radical (unpaired) electrons. The largest absolute Gasteiger partial charge is 0.314 e. The predicted octanol–water partition coefficient (Wildman–Crippen LogP) is 1.80. The number of nitrogens with zero attached hydrogens (tertiary/aromatic N) is 2. The Bertz CT molecular complexity index is 297. The summed E-state index contributed by atoms with van der Waals surface area (Å²) >= 11 is 0. The van der Waals surface area contributed by atoms with Crippen molar-refractivity contribution in [2.75, 3.05) is 7.05 Å². The van der Waals surface area contributed by atoms with Crippen molar-refractivity contribution in [1.82, 2.24) is 15.1 Å². The predicted molar refractivity (Wildman–Crippen MR) is 57.2 cm³/mol. The van der Waals surface area contributed by atoms with Crippen molar-refractivity contribution in [1.29, 1.82) is 0 Å². The van der Waals surface area contributed by atoms with Crippen molar-refractivity contribution in [3.8, 4) is 0 Å². The Hall–Kier alpha value is -0.830. The molecule has 0 aromatic carbocycles. The molecule has 0 spiro atoms. The van der Waals surface area contributed by atoms with Gasteiger partial charge in [-0.2, -0.15) is 5.10 Å². The zero-order valence-electron chi connectivity index (χ0n) is 9.08. The lowest BCUT2D eigenvalue weighted by Gasteiger charge is -2.02. The van der Waals surface area contributed by atoms with E-state index in [2.05, 4.69) is 16.5 Å².